The summed E-state index contributed by atoms with van der Waals surface area (Å²) >= 11 is 0. The lowest BCUT2D eigenvalue weighted by Crippen LogP contribution is -2.05. The fraction of sp³-hybridized carbons (Fsp3) is 0.364. The zero-order valence-corrected chi connectivity index (χ0v) is 7.91. The van der Waals surface area contributed by atoms with Gasteiger partial charge >= 0.3 is 6.61 Å². The van der Waals surface area contributed by atoms with E-state index in [4.69, 9.17) is 5.26 Å². The van der Waals surface area contributed by atoms with Crippen molar-refractivity contribution in [3.63, 3.8) is 0 Å². The molecule has 78 valence electrons. The summed E-state index contributed by atoms with van der Waals surface area (Å²) in [7, 11) is 0. The first kappa shape index (κ1) is 9.91. The summed E-state index contributed by atoms with van der Waals surface area (Å²) in [4.78, 5) is 0. The van der Waals surface area contributed by atoms with Crippen LogP contribution in [0.25, 0.3) is 0 Å². The number of nitriles is 1. The smallest absolute Gasteiger partial charge is 0.387 e. The Balaban J connectivity index is 2.24. The quantitative estimate of drug-likeness (QED) is 0.766. The van der Waals surface area contributed by atoms with E-state index in [0.29, 0.717) is 0 Å². The number of halogens is 2. The first-order valence-corrected chi connectivity index (χ1v) is 4.63. The van der Waals surface area contributed by atoms with Crippen molar-refractivity contribution in [1.29, 1.82) is 5.26 Å². The minimum absolute atomic E-state index is 0.115. The van der Waals surface area contributed by atoms with Crippen LogP contribution in [0.15, 0.2) is 24.3 Å². The molecule has 0 amide bonds. The van der Waals surface area contributed by atoms with E-state index in [0.717, 1.165) is 18.4 Å². The summed E-state index contributed by atoms with van der Waals surface area (Å²) in [5.74, 6) is 0.115. The fourth-order valence-corrected chi connectivity index (χ4v) is 1.56. The molecule has 15 heavy (non-hydrogen) atoms. The monoisotopic (exact) mass is 209 g/mol. The molecule has 0 bridgehead atoms. The lowest BCUT2D eigenvalue weighted by Gasteiger charge is -2.09. The molecule has 0 heterocycles. The summed E-state index contributed by atoms with van der Waals surface area (Å²) in [5, 5.41) is 8.94. The summed E-state index contributed by atoms with van der Waals surface area (Å²) < 4.78 is 28.2. The van der Waals surface area contributed by atoms with Crippen molar-refractivity contribution >= 4 is 0 Å². The van der Waals surface area contributed by atoms with Crippen LogP contribution in [0, 0.1) is 11.3 Å². The molecule has 2 nitrogen and oxygen atoms in total. The Hall–Kier alpha value is -1.63. The second-order valence-corrected chi connectivity index (χ2v) is 3.60. The van der Waals surface area contributed by atoms with Crippen molar-refractivity contribution in [1.82, 2.24) is 0 Å². The lowest BCUT2D eigenvalue weighted by atomic mass is 9.98. The van der Waals surface area contributed by atoms with Gasteiger partial charge in [-0.15, -0.1) is 0 Å². The third kappa shape index (κ3) is 1.91. The maximum Gasteiger partial charge on any atom is 0.387 e. The highest BCUT2D eigenvalue weighted by molar-refractivity contribution is 5.42. The Bertz CT molecular complexity index is 407. The van der Waals surface area contributed by atoms with Crippen molar-refractivity contribution < 1.29 is 13.5 Å². The van der Waals surface area contributed by atoms with Crippen LogP contribution >= 0.6 is 0 Å². The molecule has 0 atom stereocenters. The van der Waals surface area contributed by atoms with E-state index >= 15 is 0 Å². The van der Waals surface area contributed by atoms with E-state index in [1.54, 1.807) is 12.1 Å². The molecule has 0 radical (unpaired) electrons. The molecule has 0 unspecified atom stereocenters. The molecule has 1 fully saturated rings. The molecule has 4 heteroatoms. The summed E-state index contributed by atoms with van der Waals surface area (Å²) in [6.07, 6.45) is 1.59. The zero-order valence-electron chi connectivity index (χ0n) is 7.91. The van der Waals surface area contributed by atoms with E-state index in [1.165, 1.54) is 12.1 Å². The van der Waals surface area contributed by atoms with Gasteiger partial charge in [0.15, 0.2) is 0 Å². The molecule has 0 N–H and O–H groups in total. The topological polar surface area (TPSA) is 33.0 Å². The average molecular weight is 209 g/mol. The van der Waals surface area contributed by atoms with Gasteiger partial charge in [-0.2, -0.15) is 14.0 Å². The van der Waals surface area contributed by atoms with Gasteiger partial charge in [0, 0.05) is 0 Å². The molecule has 2 rings (SSSR count). The van der Waals surface area contributed by atoms with Crippen LogP contribution < -0.4 is 4.74 Å². The van der Waals surface area contributed by atoms with Crippen LogP contribution in [-0.2, 0) is 5.41 Å². The third-order valence-corrected chi connectivity index (χ3v) is 2.58. The normalized spacial score (nSPS) is 17.2. The Morgan fingerprint density at radius 3 is 2.67 bits per heavy atom. The predicted octanol–water partition coefficient (Wildman–Crippen LogP) is 2.84. The Kier molecular flexibility index (Phi) is 2.31. The van der Waals surface area contributed by atoms with Crippen molar-refractivity contribution in [2.75, 3.05) is 0 Å². The molecular weight excluding hydrogens is 200 g/mol. The summed E-state index contributed by atoms with van der Waals surface area (Å²) in [5.41, 5.74) is 0.310. The van der Waals surface area contributed by atoms with E-state index in [-0.39, 0.29) is 5.75 Å². The minimum Gasteiger partial charge on any atom is -0.435 e. The first-order chi connectivity index (χ1) is 7.16. The highest BCUT2D eigenvalue weighted by atomic mass is 19.3. The number of hydrogen-bond donors (Lipinski definition) is 0. The van der Waals surface area contributed by atoms with Crippen LogP contribution in [0.4, 0.5) is 8.78 Å². The maximum atomic E-state index is 12.0. The van der Waals surface area contributed by atoms with Crippen LogP contribution in [0.2, 0.25) is 0 Å². The van der Waals surface area contributed by atoms with E-state index in [1.807, 2.05) is 0 Å². The Labute approximate surface area is 86.1 Å². The third-order valence-electron chi connectivity index (χ3n) is 2.58. The molecule has 0 spiro atoms. The molecule has 0 aromatic heterocycles. The van der Waals surface area contributed by atoms with Crippen LogP contribution in [0.5, 0.6) is 5.75 Å². The van der Waals surface area contributed by atoms with Gasteiger partial charge in [0.25, 0.3) is 0 Å². The van der Waals surface area contributed by atoms with E-state index in [2.05, 4.69) is 10.8 Å². The summed E-state index contributed by atoms with van der Waals surface area (Å²) in [6, 6.07) is 8.59. The van der Waals surface area contributed by atoms with Crippen LogP contribution in [0.3, 0.4) is 0 Å². The van der Waals surface area contributed by atoms with Gasteiger partial charge in [-0.3, -0.25) is 0 Å². The molecule has 1 aliphatic rings. The lowest BCUT2D eigenvalue weighted by molar-refractivity contribution is -0.0498. The van der Waals surface area contributed by atoms with Gasteiger partial charge < -0.3 is 4.74 Å². The van der Waals surface area contributed by atoms with Gasteiger partial charge in [0.2, 0.25) is 0 Å². The van der Waals surface area contributed by atoms with Crippen molar-refractivity contribution in [2.45, 2.75) is 24.9 Å². The molecule has 1 aromatic rings. The number of rotatable bonds is 3. The van der Waals surface area contributed by atoms with Crippen LogP contribution in [-0.4, -0.2) is 6.61 Å². The fourth-order valence-electron chi connectivity index (χ4n) is 1.56. The molecule has 1 saturated carbocycles. The number of hydrogen-bond acceptors (Lipinski definition) is 2. The van der Waals surface area contributed by atoms with Crippen LogP contribution in [0.1, 0.15) is 18.4 Å². The molecule has 0 aliphatic heterocycles. The molecule has 0 saturated heterocycles. The van der Waals surface area contributed by atoms with Gasteiger partial charge in [-0.25, -0.2) is 0 Å². The number of benzene rings is 1. The van der Waals surface area contributed by atoms with Crippen molar-refractivity contribution in [3.05, 3.63) is 29.8 Å². The Morgan fingerprint density at radius 2 is 2.13 bits per heavy atom. The zero-order chi connectivity index (χ0) is 10.9. The second kappa shape index (κ2) is 3.50. The predicted molar refractivity (Wildman–Crippen MR) is 49.6 cm³/mol. The molecule has 1 aromatic carbocycles. The molecule has 1 aliphatic carbocycles. The standard InChI is InChI=1S/C11H9F2NO/c12-10(13)15-9-3-1-2-8(6-9)11(7-14)4-5-11/h1-3,6,10H,4-5H2. The van der Waals surface area contributed by atoms with Crippen molar-refractivity contribution in [3.8, 4) is 11.8 Å². The number of alkyl halides is 2. The van der Waals surface area contributed by atoms with Gasteiger partial charge in [-0.05, 0) is 30.5 Å². The highest BCUT2D eigenvalue weighted by Gasteiger charge is 2.44. The van der Waals surface area contributed by atoms with Crippen molar-refractivity contribution in [2.24, 2.45) is 0 Å². The number of ether oxygens (including phenoxy) is 1. The minimum atomic E-state index is -2.82. The van der Waals surface area contributed by atoms with Gasteiger partial charge in [-0.1, -0.05) is 12.1 Å². The average Bonchev–Trinajstić information content (AvgIpc) is 2.97. The highest BCUT2D eigenvalue weighted by Crippen LogP contribution is 2.48. The maximum absolute atomic E-state index is 12.0. The van der Waals surface area contributed by atoms with Gasteiger partial charge in [0.05, 0.1) is 11.5 Å². The number of nitrogens with zero attached hydrogens (tertiary/aromatic N) is 1. The SMILES string of the molecule is N#CC1(c2cccc(OC(F)F)c2)CC1. The Morgan fingerprint density at radius 1 is 1.40 bits per heavy atom. The largest absolute Gasteiger partial charge is 0.435 e. The van der Waals surface area contributed by atoms with E-state index in [9.17, 15) is 8.78 Å². The van der Waals surface area contributed by atoms with E-state index < -0.39 is 12.0 Å². The van der Waals surface area contributed by atoms with Gasteiger partial charge in [0.1, 0.15) is 5.75 Å². The first-order valence-electron chi connectivity index (χ1n) is 4.63. The summed E-state index contributed by atoms with van der Waals surface area (Å²) in [6.45, 7) is -2.82. The second-order valence-electron chi connectivity index (χ2n) is 3.60. The molecular formula is C11H9F2NO.